The molecule has 0 aliphatic carbocycles. The normalized spacial score (nSPS) is 12.5. The first-order valence-electron chi connectivity index (χ1n) is 7.03. The first-order valence-corrected chi connectivity index (χ1v) is 8.92. The molecule has 0 aliphatic rings. The van der Waals surface area contributed by atoms with Crippen LogP contribution in [-0.4, -0.2) is 37.5 Å². The standard InChI is InChI=1S/C16H19N3O3S/c1-12(13-7-9-17-10-8-13)19(2)16(20)14-5-4-6-15(11-14)18-23(3,21)22/h4-12,18H,1-3H3. The van der Waals surface area contributed by atoms with Crippen molar-refractivity contribution in [3.05, 3.63) is 59.9 Å². The van der Waals surface area contributed by atoms with Gasteiger partial charge in [0.25, 0.3) is 5.91 Å². The third-order valence-electron chi connectivity index (χ3n) is 3.50. The third-order valence-corrected chi connectivity index (χ3v) is 4.11. The molecule has 7 heteroatoms. The van der Waals surface area contributed by atoms with E-state index in [-0.39, 0.29) is 11.9 Å². The first kappa shape index (κ1) is 17.0. The van der Waals surface area contributed by atoms with Crippen LogP contribution in [-0.2, 0) is 10.0 Å². The first-order chi connectivity index (χ1) is 10.8. The Morgan fingerprint density at radius 2 is 1.87 bits per heavy atom. The highest BCUT2D eigenvalue weighted by atomic mass is 32.2. The molecule has 1 aromatic carbocycles. The maximum Gasteiger partial charge on any atom is 0.254 e. The zero-order valence-corrected chi connectivity index (χ0v) is 14.0. The van der Waals surface area contributed by atoms with Crippen LogP contribution in [0.25, 0.3) is 0 Å². The average Bonchev–Trinajstić information content (AvgIpc) is 2.52. The number of pyridine rings is 1. The Morgan fingerprint density at radius 3 is 2.48 bits per heavy atom. The predicted molar refractivity (Wildman–Crippen MR) is 89.7 cm³/mol. The van der Waals surface area contributed by atoms with Gasteiger partial charge in [-0.25, -0.2) is 8.42 Å². The summed E-state index contributed by atoms with van der Waals surface area (Å²) in [6.07, 6.45) is 4.43. The predicted octanol–water partition coefficient (Wildman–Crippen LogP) is 2.29. The summed E-state index contributed by atoms with van der Waals surface area (Å²) in [5.41, 5.74) is 1.76. The van der Waals surface area contributed by atoms with Gasteiger partial charge in [-0.15, -0.1) is 0 Å². The number of nitrogens with zero attached hydrogens (tertiary/aromatic N) is 2. The van der Waals surface area contributed by atoms with Crippen molar-refractivity contribution in [3.8, 4) is 0 Å². The Morgan fingerprint density at radius 1 is 1.22 bits per heavy atom. The molecule has 23 heavy (non-hydrogen) atoms. The molecule has 0 spiro atoms. The van der Waals surface area contributed by atoms with Crippen molar-refractivity contribution in [1.29, 1.82) is 0 Å². The van der Waals surface area contributed by atoms with E-state index in [1.54, 1.807) is 42.5 Å². The summed E-state index contributed by atoms with van der Waals surface area (Å²) in [5, 5.41) is 0. The van der Waals surface area contributed by atoms with Gasteiger partial charge >= 0.3 is 0 Å². The molecule has 2 rings (SSSR count). The molecule has 1 N–H and O–H groups in total. The molecule has 1 unspecified atom stereocenters. The van der Waals surface area contributed by atoms with Crippen LogP contribution in [0, 0.1) is 0 Å². The number of rotatable bonds is 5. The van der Waals surface area contributed by atoms with Gasteiger partial charge in [-0.1, -0.05) is 6.07 Å². The van der Waals surface area contributed by atoms with Crippen LogP contribution >= 0.6 is 0 Å². The van der Waals surface area contributed by atoms with Gasteiger partial charge in [-0.05, 0) is 42.8 Å². The summed E-state index contributed by atoms with van der Waals surface area (Å²) in [4.78, 5) is 18.2. The summed E-state index contributed by atoms with van der Waals surface area (Å²) >= 11 is 0. The van der Waals surface area contributed by atoms with Gasteiger partial charge in [0.15, 0.2) is 0 Å². The highest BCUT2D eigenvalue weighted by Gasteiger charge is 2.19. The summed E-state index contributed by atoms with van der Waals surface area (Å²) in [6.45, 7) is 1.92. The highest BCUT2D eigenvalue weighted by Crippen LogP contribution is 2.21. The maximum atomic E-state index is 12.6. The van der Waals surface area contributed by atoms with Crippen LogP contribution in [0.15, 0.2) is 48.8 Å². The van der Waals surface area contributed by atoms with Crippen LogP contribution in [0.4, 0.5) is 5.69 Å². The smallest absolute Gasteiger partial charge is 0.254 e. The molecule has 2 aromatic rings. The molecule has 0 saturated carbocycles. The van der Waals surface area contributed by atoms with E-state index in [4.69, 9.17) is 0 Å². The molecule has 122 valence electrons. The van der Waals surface area contributed by atoms with Crippen molar-refractivity contribution in [3.63, 3.8) is 0 Å². The number of carbonyl (C=O) groups excluding carboxylic acids is 1. The SMILES string of the molecule is CC(c1ccncc1)N(C)C(=O)c1cccc(NS(C)(=O)=O)c1. The van der Waals surface area contributed by atoms with Crippen LogP contribution in [0.1, 0.15) is 28.9 Å². The molecule has 0 aliphatic heterocycles. The Kier molecular flexibility index (Phi) is 5.00. The number of amides is 1. The number of aromatic nitrogens is 1. The van der Waals surface area contributed by atoms with Crippen molar-refractivity contribution in [2.75, 3.05) is 18.0 Å². The molecule has 1 amide bonds. The van der Waals surface area contributed by atoms with Crippen molar-refractivity contribution >= 4 is 21.6 Å². The molecule has 0 radical (unpaired) electrons. The fourth-order valence-electron chi connectivity index (χ4n) is 2.17. The summed E-state index contributed by atoms with van der Waals surface area (Å²) in [5.74, 6) is -0.188. The summed E-state index contributed by atoms with van der Waals surface area (Å²) < 4.78 is 25.0. The van der Waals surface area contributed by atoms with Gasteiger partial charge in [0.1, 0.15) is 0 Å². The van der Waals surface area contributed by atoms with Crippen LogP contribution < -0.4 is 4.72 Å². The van der Waals surface area contributed by atoms with Crippen molar-refractivity contribution in [2.45, 2.75) is 13.0 Å². The van der Waals surface area contributed by atoms with Gasteiger partial charge in [0, 0.05) is 30.7 Å². The van der Waals surface area contributed by atoms with Gasteiger partial charge in [-0.3, -0.25) is 14.5 Å². The Bertz CT molecular complexity index is 791. The number of carbonyl (C=O) groups is 1. The fraction of sp³-hybridized carbons (Fsp3) is 0.250. The molecule has 1 heterocycles. The van der Waals surface area contributed by atoms with E-state index in [0.717, 1.165) is 11.8 Å². The topological polar surface area (TPSA) is 79.4 Å². The van der Waals surface area contributed by atoms with Gasteiger partial charge in [0.2, 0.25) is 10.0 Å². The quantitative estimate of drug-likeness (QED) is 0.910. The molecular weight excluding hydrogens is 314 g/mol. The molecule has 0 saturated heterocycles. The van der Waals surface area contributed by atoms with E-state index < -0.39 is 10.0 Å². The Balaban J connectivity index is 2.21. The lowest BCUT2D eigenvalue weighted by atomic mass is 10.1. The lowest BCUT2D eigenvalue weighted by Gasteiger charge is -2.25. The molecule has 1 atom stereocenters. The fourth-order valence-corrected chi connectivity index (χ4v) is 2.73. The van der Waals surface area contributed by atoms with E-state index in [0.29, 0.717) is 11.3 Å². The zero-order valence-electron chi connectivity index (χ0n) is 13.2. The Hall–Kier alpha value is -2.41. The average molecular weight is 333 g/mol. The second-order valence-corrected chi connectivity index (χ2v) is 7.08. The largest absolute Gasteiger partial charge is 0.335 e. The summed E-state index contributed by atoms with van der Waals surface area (Å²) in [7, 11) is -1.67. The Labute approximate surface area is 136 Å². The van der Waals surface area contributed by atoms with Gasteiger partial charge in [0.05, 0.1) is 12.3 Å². The number of hydrogen-bond donors (Lipinski definition) is 1. The van der Waals surface area contributed by atoms with E-state index >= 15 is 0 Å². The number of hydrogen-bond acceptors (Lipinski definition) is 4. The van der Waals surface area contributed by atoms with Gasteiger partial charge < -0.3 is 4.90 Å². The monoisotopic (exact) mass is 333 g/mol. The second kappa shape index (κ2) is 6.78. The number of sulfonamides is 1. The molecular formula is C16H19N3O3S. The number of anilines is 1. The van der Waals surface area contributed by atoms with Crippen LogP contribution in [0.2, 0.25) is 0 Å². The van der Waals surface area contributed by atoms with Crippen molar-refractivity contribution in [2.24, 2.45) is 0 Å². The lowest BCUT2D eigenvalue weighted by Crippen LogP contribution is -2.29. The molecule has 1 aromatic heterocycles. The summed E-state index contributed by atoms with van der Waals surface area (Å²) in [6, 6.07) is 10.0. The minimum absolute atomic E-state index is 0.128. The van der Waals surface area contributed by atoms with Gasteiger partial charge in [-0.2, -0.15) is 0 Å². The molecule has 0 fully saturated rings. The highest BCUT2D eigenvalue weighted by molar-refractivity contribution is 7.92. The van der Waals surface area contributed by atoms with E-state index in [1.165, 1.54) is 6.07 Å². The number of benzene rings is 1. The van der Waals surface area contributed by atoms with E-state index in [2.05, 4.69) is 9.71 Å². The van der Waals surface area contributed by atoms with Crippen LogP contribution in [0.5, 0.6) is 0 Å². The van der Waals surface area contributed by atoms with Crippen molar-refractivity contribution < 1.29 is 13.2 Å². The lowest BCUT2D eigenvalue weighted by molar-refractivity contribution is 0.0742. The molecule has 6 nitrogen and oxygen atoms in total. The van der Waals surface area contributed by atoms with Crippen molar-refractivity contribution in [1.82, 2.24) is 9.88 Å². The molecule has 0 bridgehead atoms. The maximum absolute atomic E-state index is 12.6. The zero-order chi connectivity index (χ0) is 17.0. The van der Waals surface area contributed by atoms with Crippen LogP contribution in [0.3, 0.4) is 0 Å². The second-order valence-electron chi connectivity index (χ2n) is 5.33. The minimum Gasteiger partial charge on any atom is -0.335 e. The number of nitrogens with one attached hydrogen (secondary N) is 1. The third kappa shape index (κ3) is 4.53. The minimum atomic E-state index is -3.38. The van der Waals surface area contributed by atoms with E-state index in [9.17, 15) is 13.2 Å². The van der Waals surface area contributed by atoms with E-state index in [1.807, 2.05) is 19.1 Å².